The number of benzene rings is 2. The molecule has 0 spiro atoms. The van der Waals surface area contributed by atoms with Gasteiger partial charge in [0.15, 0.2) is 5.52 Å². The van der Waals surface area contributed by atoms with E-state index in [1.807, 2.05) is 26.0 Å². The molecule has 0 aliphatic carbocycles. The molecule has 0 aromatic heterocycles. The van der Waals surface area contributed by atoms with Crippen molar-refractivity contribution in [1.29, 1.82) is 0 Å². The second-order valence-corrected chi connectivity index (χ2v) is 11.7. The summed E-state index contributed by atoms with van der Waals surface area (Å²) >= 11 is 0. The number of aryl methyl sites for hydroxylation is 2. The molecule has 6 heteroatoms. The summed E-state index contributed by atoms with van der Waals surface area (Å²) < 4.78 is 18.5. The van der Waals surface area contributed by atoms with E-state index in [0.717, 1.165) is 22.0 Å². The fourth-order valence-corrected chi connectivity index (χ4v) is 4.86. The van der Waals surface area contributed by atoms with E-state index in [4.69, 9.17) is 14.2 Å². The monoisotopic (exact) mass is 494 g/mol. The molecule has 1 atom stereocenters. The standard InChI is InChI=1S/C29H43O4P.Li.H/c1-17(2)14-31-24-12-25(32-15-18(3)4)28(26(13-24)33-16-19(5)6)34-29(30)27-21(8)11-20(7)22(9)23(27)10;;/h11-13,17-19,34H,14-16H2,1-10H3;;/q;+1;-1. The molecule has 2 rings (SSSR count). The van der Waals surface area contributed by atoms with Crippen LogP contribution in [0.5, 0.6) is 17.2 Å². The smallest absolute Gasteiger partial charge is 1.00 e. The van der Waals surface area contributed by atoms with Crippen LogP contribution < -0.4 is 38.4 Å². The van der Waals surface area contributed by atoms with Crippen LogP contribution in [0, 0.1) is 45.4 Å². The molecule has 0 amide bonds. The number of hydrogen-bond donors (Lipinski definition) is 0. The topological polar surface area (TPSA) is 44.8 Å². The van der Waals surface area contributed by atoms with Gasteiger partial charge in [-0.2, -0.15) is 0 Å². The SMILES string of the molecule is Cc1cc(C)c(C(=O)Pc2c(OCC(C)C)cc(OCC(C)C)cc2OCC(C)C)c(C)c1C.[H-].[Li+]. The summed E-state index contributed by atoms with van der Waals surface area (Å²) in [7, 11) is -0.105. The molecule has 0 aliphatic heterocycles. The van der Waals surface area contributed by atoms with Gasteiger partial charge in [-0.05, 0) is 76.3 Å². The van der Waals surface area contributed by atoms with Crippen LogP contribution in [0.2, 0.25) is 0 Å². The molecule has 0 saturated heterocycles. The van der Waals surface area contributed by atoms with E-state index in [-0.39, 0.29) is 34.4 Å². The first-order chi connectivity index (χ1) is 15.9. The van der Waals surface area contributed by atoms with Gasteiger partial charge in [0.1, 0.15) is 17.2 Å². The summed E-state index contributed by atoms with van der Waals surface area (Å²) in [6, 6.07) is 5.95. The minimum absolute atomic E-state index is 0. The van der Waals surface area contributed by atoms with E-state index in [1.165, 1.54) is 11.1 Å². The third kappa shape index (κ3) is 9.17. The van der Waals surface area contributed by atoms with E-state index in [9.17, 15) is 4.79 Å². The van der Waals surface area contributed by atoms with Crippen molar-refractivity contribution in [3.8, 4) is 17.2 Å². The van der Waals surface area contributed by atoms with Crippen LogP contribution in [0.4, 0.5) is 0 Å². The van der Waals surface area contributed by atoms with E-state index < -0.39 is 0 Å². The Balaban J connectivity index is 0.00000612. The summed E-state index contributed by atoms with van der Waals surface area (Å²) in [5.41, 5.74) is 5.38. The Hall–Kier alpha value is -1.46. The Morgan fingerprint density at radius 1 is 0.743 bits per heavy atom. The molecule has 0 N–H and O–H groups in total. The number of hydrogen-bond acceptors (Lipinski definition) is 4. The third-order valence-corrected chi connectivity index (χ3v) is 6.81. The molecular formula is C29H44LiO4P. The zero-order valence-corrected chi connectivity index (χ0v) is 24.7. The Morgan fingerprint density at radius 2 is 1.20 bits per heavy atom. The first-order valence-corrected chi connectivity index (χ1v) is 13.4. The number of ether oxygens (including phenoxy) is 3. The maximum absolute atomic E-state index is 13.7. The van der Waals surface area contributed by atoms with Crippen molar-refractivity contribution in [3.63, 3.8) is 0 Å². The van der Waals surface area contributed by atoms with Crippen molar-refractivity contribution in [3.05, 3.63) is 46.0 Å². The summed E-state index contributed by atoms with van der Waals surface area (Å²) in [4.78, 5) is 13.7. The molecule has 0 heterocycles. The van der Waals surface area contributed by atoms with Gasteiger partial charge in [0.05, 0.1) is 25.1 Å². The maximum atomic E-state index is 13.7. The molecule has 0 aliphatic rings. The van der Waals surface area contributed by atoms with Crippen molar-refractivity contribution in [2.75, 3.05) is 19.8 Å². The average Bonchev–Trinajstić information content (AvgIpc) is 2.74. The summed E-state index contributed by atoms with van der Waals surface area (Å²) in [6.45, 7) is 22.7. The predicted octanol–water partition coefficient (Wildman–Crippen LogP) is 4.29. The first-order valence-electron chi connectivity index (χ1n) is 12.4. The minimum atomic E-state index is -0.105. The summed E-state index contributed by atoms with van der Waals surface area (Å²) in [5.74, 6) is 3.19. The fraction of sp³-hybridized carbons (Fsp3) is 0.552. The van der Waals surface area contributed by atoms with Crippen LogP contribution in [-0.4, -0.2) is 25.3 Å². The molecule has 0 fully saturated rings. The van der Waals surface area contributed by atoms with Crippen molar-refractivity contribution in [1.82, 2.24) is 0 Å². The molecule has 0 bridgehead atoms. The molecule has 35 heavy (non-hydrogen) atoms. The molecule has 4 nitrogen and oxygen atoms in total. The van der Waals surface area contributed by atoms with Crippen molar-refractivity contribution >= 4 is 19.4 Å². The van der Waals surface area contributed by atoms with Crippen molar-refractivity contribution in [2.45, 2.75) is 69.2 Å². The van der Waals surface area contributed by atoms with Crippen LogP contribution in [0.3, 0.4) is 0 Å². The number of carbonyl (C=O) groups excluding carboxylic acids is 1. The average molecular weight is 495 g/mol. The molecular weight excluding hydrogens is 450 g/mol. The Kier molecular flexibility index (Phi) is 12.9. The van der Waals surface area contributed by atoms with Gasteiger partial charge in [0.2, 0.25) is 0 Å². The fourth-order valence-electron chi connectivity index (χ4n) is 3.59. The summed E-state index contributed by atoms with van der Waals surface area (Å²) in [5, 5.41) is 0.820. The first kappa shape index (κ1) is 31.6. The quantitative estimate of drug-likeness (QED) is 0.326. The van der Waals surface area contributed by atoms with E-state index in [0.29, 0.717) is 54.8 Å². The van der Waals surface area contributed by atoms with Gasteiger partial charge in [-0.1, -0.05) is 47.6 Å². The summed E-state index contributed by atoms with van der Waals surface area (Å²) in [6.07, 6.45) is 0. The second-order valence-electron chi connectivity index (χ2n) is 10.5. The van der Waals surface area contributed by atoms with Gasteiger partial charge < -0.3 is 15.6 Å². The zero-order chi connectivity index (χ0) is 25.6. The number of rotatable bonds is 12. The third-order valence-electron chi connectivity index (χ3n) is 5.59. The van der Waals surface area contributed by atoms with Crippen molar-refractivity contribution < 1.29 is 39.3 Å². The number of carbonyl (C=O) groups is 1. The Bertz CT molecular complexity index is 972. The van der Waals surface area contributed by atoms with Crippen LogP contribution in [-0.2, 0) is 0 Å². The molecule has 0 saturated carbocycles. The van der Waals surface area contributed by atoms with Crippen LogP contribution in [0.15, 0.2) is 18.2 Å². The molecule has 1 unspecified atom stereocenters. The molecule has 0 radical (unpaired) electrons. The minimum Gasteiger partial charge on any atom is -1.00 e. The van der Waals surface area contributed by atoms with E-state index in [1.54, 1.807) is 0 Å². The van der Waals surface area contributed by atoms with Crippen LogP contribution in [0.1, 0.15) is 75.6 Å². The predicted molar refractivity (Wildman–Crippen MR) is 146 cm³/mol. The van der Waals surface area contributed by atoms with Gasteiger partial charge >= 0.3 is 18.9 Å². The largest absolute Gasteiger partial charge is 1.00 e. The van der Waals surface area contributed by atoms with Gasteiger partial charge in [-0.3, -0.25) is 4.79 Å². The van der Waals surface area contributed by atoms with E-state index >= 15 is 0 Å². The molecule has 2 aromatic rings. The van der Waals surface area contributed by atoms with Crippen LogP contribution >= 0.6 is 8.58 Å². The van der Waals surface area contributed by atoms with Crippen molar-refractivity contribution in [2.24, 2.45) is 17.8 Å². The van der Waals surface area contributed by atoms with Gasteiger partial charge in [0, 0.05) is 17.7 Å². The Morgan fingerprint density at radius 3 is 1.66 bits per heavy atom. The van der Waals surface area contributed by atoms with Gasteiger partial charge in [-0.15, -0.1) is 0 Å². The zero-order valence-electron chi connectivity index (χ0n) is 24.7. The van der Waals surface area contributed by atoms with Crippen LogP contribution in [0.25, 0.3) is 0 Å². The van der Waals surface area contributed by atoms with Gasteiger partial charge in [-0.25, -0.2) is 0 Å². The van der Waals surface area contributed by atoms with Gasteiger partial charge in [0.25, 0.3) is 0 Å². The molecule has 190 valence electrons. The molecule has 2 aromatic carbocycles. The second kappa shape index (κ2) is 14.3. The Labute approximate surface area is 228 Å². The normalized spacial score (nSPS) is 11.5. The van der Waals surface area contributed by atoms with E-state index in [2.05, 4.69) is 61.5 Å². The maximum Gasteiger partial charge on any atom is 1.00 e.